The molecule has 0 fully saturated rings. The van der Waals surface area contributed by atoms with Crippen molar-refractivity contribution in [3.05, 3.63) is 80.9 Å². The summed E-state index contributed by atoms with van der Waals surface area (Å²) in [6, 6.07) is 12.5. The third-order valence-corrected chi connectivity index (χ3v) is 5.80. The third-order valence-electron chi connectivity index (χ3n) is 4.62. The Bertz CT molecular complexity index is 1220. The van der Waals surface area contributed by atoms with Crippen LogP contribution in [0.25, 0.3) is 0 Å². The molecule has 0 bridgehead atoms. The molecular formula is C21H16ClFN4O3S. The first-order valence-electron chi connectivity index (χ1n) is 9.27. The van der Waals surface area contributed by atoms with Crippen LogP contribution < -0.4 is 16.2 Å². The molecule has 1 aliphatic rings. The van der Waals surface area contributed by atoms with E-state index in [4.69, 9.17) is 11.6 Å². The standard InChI is InChI=1S/C21H16ClFN4O3S/c22-12-3-1-2-11(8-12)10-31-21-26-18-17(20(30)27-21)15(9-16(28)25-18)19(29)24-14-6-4-13(23)5-7-14/h1-8,15H,9-10H2,(H,24,29)(H2,25,26,27,28,30)/t15-/m1/s1. The van der Waals surface area contributed by atoms with E-state index in [2.05, 4.69) is 20.6 Å². The molecule has 1 atom stereocenters. The Hall–Kier alpha value is -3.17. The van der Waals surface area contributed by atoms with E-state index in [0.717, 1.165) is 5.56 Å². The zero-order valence-electron chi connectivity index (χ0n) is 15.9. The van der Waals surface area contributed by atoms with Crippen molar-refractivity contribution in [3.8, 4) is 0 Å². The maximum Gasteiger partial charge on any atom is 0.257 e. The highest BCUT2D eigenvalue weighted by Crippen LogP contribution is 2.31. The number of carbonyl (C=O) groups is 2. The number of rotatable bonds is 5. The van der Waals surface area contributed by atoms with Crippen molar-refractivity contribution in [3.63, 3.8) is 0 Å². The topological polar surface area (TPSA) is 104 Å². The summed E-state index contributed by atoms with van der Waals surface area (Å²) in [6.07, 6.45) is -0.195. The number of halogens is 2. The van der Waals surface area contributed by atoms with E-state index in [1.165, 1.54) is 36.0 Å². The number of hydrogen-bond donors (Lipinski definition) is 3. The summed E-state index contributed by atoms with van der Waals surface area (Å²) in [7, 11) is 0. The predicted octanol–water partition coefficient (Wildman–Crippen LogP) is 3.92. The van der Waals surface area contributed by atoms with Crippen molar-refractivity contribution in [1.29, 1.82) is 0 Å². The van der Waals surface area contributed by atoms with Crippen LogP contribution in [0.4, 0.5) is 15.9 Å². The lowest BCUT2D eigenvalue weighted by Gasteiger charge is -2.23. The molecule has 1 aliphatic heterocycles. The molecule has 1 aromatic heterocycles. The van der Waals surface area contributed by atoms with Crippen LogP contribution in [0.1, 0.15) is 23.5 Å². The van der Waals surface area contributed by atoms with E-state index in [1.54, 1.807) is 6.07 Å². The minimum atomic E-state index is -1.02. The molecule has 2 aromatic carbocycles. The average molecular weight is 459 g/mol. The summed E-state index contributed by atoms with van der Waals surface area (Å²) >= 11 is 7.26. The Kier molecular flexibility index (Phi) is 6.06. The van der Waals surface area contributed by atoms with Gasteiger partial charge in [0, 0.05) is 22.9 Å². The smallest absolute Gasteiger partial charge is 0.257 e. The summed E-state index contributed by atoms with van der Waals surface area (Å²) in [4.78, 5) is 44.7. The van der Waals surface area contributed by atoms with Crippen LogP contribution in [0.15, 0.2) is 58.5 Å². The molecule has 0 radical (unpaired) electrons. The fraction of sp³-hybridized carbons (Fsp3) is 0.143. The lowest BCUT2D eigenvalue weighted by molar-refractivity contribution is -0.123. The van der Waals surface area contributed by atoms with Crippen LogP contribution >= 0.6 is 23.4 Å². The lowest BCUT2D eigenvalue weighted by Crippen LogP contribution is -2.36. The van der Waals surface area contributed by atoms with E-state index >= 15 is 0 Å². The number of carbonyl (C=O) groups excluding carboxylic acids is 2. The predicted molar refractivity (Wildman–Crippen MR) is 117 cm³/mol. The first-order chi connectivity index (χ1) is 14.9. The molecule has 2 amide bonds. The van der Waals surface area contributed by atoms with Gasteiger partial charge in [-0.2, -0.15) is 0 Å². The zero-order chi connectivity index (χ0) is 22.0. The number of nitrogens with zero attached hydrogens (tertiary/aromatic N) is 1. The molecule has 0 saturated heterocycles. The van der Waals surface area contributed by atoms with Crippen molar-refractivity contribution in [2.45, 2.75) is 23.2 Å². The molecule has 0 saturated carbocycles. The van der Waals surface area contributed by atoms with Crippen LogP contribution in [0.5, 0.6) is 0 Å². The Balaban J connectivity index is 1.57. The number of aromatic amines is 1. The Morgan fingerprint density at radius 1 is 1.23 bits per heavy atom. The second-order valence-corrected chi connectivity index (χ2v) is 8.25. The van der Waals surface area contributed by atoms with Crippen LogP contribution in [0, 0.1) is 5.82 Å². The number of aromatic nitrogens is 2. The van der Waals surface area contributed by atoms with Gasteiger partial charge in [-0.25, -0.2) is 9.37 Å². The van der Waals surface area contributed by atoms with E-state index < -0.39 is 29.1 Å². The quantitative estimate of drug-likeness (QED) is 0.397. The number of benzene rings is 2. The van der Waals surface area contributed by atoms with Crippen molar-refractivity contribution in [2.24, 2.45) is 0 Å². The maximum absolute atomic E-state index is 13.1. The Morgan fingerprint density at radius 2 is 2.00 bits per heavy atom. The molecule has 0 unspecified atom stereocenters. The summed E-state index contributed by atoms with van der Waals surface area (Å²) < 4.78 is 13.1. The first-order valence-corrected chi connectivity index (χ1v) is 10.6. The zero-order valence-corrected chi connectivity index (χ0v) is 17.5. The van der Waals surface area contributed by atoms with Crippen LogP contribution in [0.3, 0.4) is 0 Å². The van der Waals surface area contributed by atoms with Gasteiger partial charge in [0.15, 0.2) is 5.16 Å². The summed E-state index contributed by atoms with van der Waals surface area (Å²) in [5.74, 6) is -1.86. The molecule has 2 heterocycles. The molecule has 4 rings (SSSR count). The number of thioether (sulfide) groups is 1. The van der Waals surface area contributed by atoms with Crippen molar-refractivity contribution < 1.29 is 14.0 Å². The summed E-state index contributed by atoms with van der Waals surface area (Å²) in [5.41, 5.74) is 0.889. The largest absolute Gasteiger partial charge is 0.326 e. The van der Waals surface area contributed by atoms with Gasteiger partial charge in [0.2, 0.25) is 11.8 Å². The number of anilines is 2. The Labute approximate surface area is 185 Å². The number of amides is 2. The molecule has 0 aliphatic carbocycles. The van der Waals surface area contributed by atoms with Crippen molar-refractivity contribution in [2.75, 3.05) is 10.6 Å². The second-order valence-electron chi connectivity index (χ2n) is 6.85. The molecule has 31 heavy (non-hydrogen) atoms. The normalized spacial score (nSPS) is 15.2. The monoisotopic (exact) mass is 458 g/mol. The minimum absolute atomic E-state index is 0.0628. The molecule has 3 aromatic rings. The molecule has 7 nitrogen and oxygen atoms in total. The highest BCUT2D eigenvalue weighted by atomic mass is 35.5. The third kappa shape index (κ3) is 4.95. The number of nitrogens with one attached hydrogen (secondary N) is 3. The fourth-order valence-electron chi connectivity index (χ4n) is 3.18. The summed E-state index contributed by atoms with van der Waals surface area (Å²) in [6.45, 7) is 0. The van der Waals surface area contributed by atoms with Crippen molar-refractivity contribution in [1.82, 2.24) is 9.97 Å². The van der Waals surface area contributed by atoms with Crippen molar-refractivity contribution >= 4 is 46.7 Å². The van der Waals surface area contributed by atoms with Crippen LogP contribution in [-0.4, -0.2) is 21.8 Å². The summed E-state index contributed by atoms with van der Waals surface area (Å²) in [5, 5.41) is 6.09. The highest BCUT2D eigenvalue weighted by Gasteiger charge is 2.34. The van der Waals surface area contributed by atoms with Gasteiger partial charge in [0.1, 0.15) is 11.6 Å². The van der Waals surface area contributed by atoms with Crippen LogP contribution in [-0.2, 0) is 15.3 Å². The minimum Gasteiger partial charge on any atom is -0.326 e. The van der Waals surface area contributed by atoms with Crippen LogP contribution in [0.2, 0.25) is 5.02 Å². The van der Waals surface area contributed by atoms with E-state index in [1.807, 2.05) is 18.2 Å². The van der Waals surface area contributed by atoms with Gasteiger partial charge in [0.25, 0.3) is 5.56 Å². The second kappa shape index (κ2) is 8.91. The van der Waals surface area contributed by atoms with Gasteiger partial charge >= 0.3 is 0 Å². The molecular weight excluding hydrogens is 443 g/mol. The van der Waals surface area contributed by atoms with E-state index in [0.29, 0.717) is 21.6 Å². The molecule has 3 N–H and O–H groups in total. The van der Waals surface area contributed by atoms with Gasteiger partial charge in [-0.05, 0) is 42.0 Å². The molecule has 158 valence electrons. The van der Waals surface area contributed by atoms with E-state index in [9.17, 15) is 18.8 Å². The van der Waals surface area contributed by atoms with Gasteiger partial charge in [-0.1, -0.05) is 35.5 Å². The SMILES string of the molecule is O=C1C[C@@H](C(=O)Nc2ccc(F)cc2)c2c(nc(SCc3cccc(Cl)c3)[nH]c2=O)N1. The Morgan fingerprint density at radius 3 is 2.74 bits per heavy atom. The molecule has 0 spiro atoms. The highest BCUT2D eigenvalue weighted by molar-refractivity contribution is 7.98. The number of hydrogen-bond acceptors (Lipinski definition) is 5. The van der Waals surface area contributed by atoms with Gasteiger partial charge in [0.05, 0.1) is 11.5 Å². The van der Waals surface area contributed by atoms with Gasteiger partial charge in [-0.15, -0.1) is 0 Å². The number of H-pyrrole nitrogens is 1. The molecule has 10 heteroatoms. The van der Waals surface area contributed by atoms with Gasteiger partial charge < -0.3 is 15.6 Å². The first kappa shape index (κ1) is 21.1. The lowest BCUT2D eigenvalue weighted by atomic mass is 9.92. The maximum atomic E-state index is 13.1. The average Bonchev–Trinajstić information content (AvgIpc) is 2.73. The van der Waals surface area contributed by atoms with E-state index in [-0.39, 0.29) is 17.8 Å². The van der Waals surface area contributed by atoms with Gasteiger partial charge in [-0.3, -0.25) is 14.4 Å². The fourth-order valence-corrected chi connectivity index (χ4v) is 4.20. The number of fused-ring (bicyclic) bond motifs is 1.